The minimum absolute atomic E-state index is 0.0632. The molecular formula is C41H35N5O4S3. The molecule has 6 rings (SSSR count). The van der Waals surface area contributed by atoms with Gasteiger partial charge in [0.05, 0.1) is 0 Å². The molecule has 0 aliphatic rings. The van der Waals surface area contributed by atoms with Crippen LogP contribution in [-0.4, -0.2) is 32.8 Å². The Labute approximate surface area is 320 Å². The van der Waals surface area contributed by atoms with Gasteiger partial charge in [0.2, 0.25) is 16.2 Å². The Bertz CT molecular complexity index is 2150. The van der Waals surface area contributed by atoms with Gasteiger partial charge >= 0.3 is 0 Å². The lowest BCUT2D eigenvalue weighted by molar-refractivity contribution is -0.116. The number of anilines is 2. The van der Waals surface area contributed by atoms with Crippen LogP contribution < -0.4 is 20.7 Å². The van der Waals surface area contributed by atoms with Gasteiger partial charge in [0, 0.05) is 27.7 Å². The number of thioether (sulfide) groups is 2. The predicted molar refractivity (Wildman–Crippen MR) is 214 cm³/mol. The Balaban J connectivity index is 1.15. The number of benzene rings is 5. The molecule has 1 atom stereocenters. The number of nitrogens with zero attached hydrogens (tertiary/aromatic N) is 2. The van der Waals surface area contributed by atoms with E-state index in [2.05, 4.69) is 25.3 Å². The van der Waals surface area contributed by atoms with Crippen molar-refractivity contribution in [2.75, 3.05) is 16.4 Å². The van der Waals surface area contributed by atoms with Gasteiger partial charge in [-0.2, -0.15) is 9.36 Å². The highest BCUT2D eigenvalue weighted by Crippen LogP contribution is 2.37. The number of hydrogen-bond donors (Lipinski definition) is 3. The summed E-state index contributed by atoms with van der Waals surface area (Å²) in [6.07, 6.45) is 1.62. The van der Waals surface area contributed by atoms with Crippen molar-refractivity contribution in [2.24, 2.45) is 0 Å². The molecule has 0 saturated heterocycles. The van der Waals surface area contributed by atoms with E-state index < -0.39 is 17.1 Å². The number of aromatic nitrogens is 2. The van der Waals surface area contributed by atoms with Crippen molar-refractivity contribution in [3.8, 4) is 5.75 Å². The average molecular weight is 758 g/mol. The maximum atomic E-state index is 13.7. The van der Waals surface area contributed by atoms with Gasteiger partial charge in [0.15, 0.2) is 0 Å². The molecule has 1 unspecified atom stereocenters. The number of carbonyl (C=O) groups excluding carboxylic acids is 3. The summed E-state index contributed by atoms with van der Waals surface area (Å²) in [5, 5.41) is 9.11. The summed E-state index contributed by atoms with van der Waals surface area (Å²) in [6.45, 7) is 2.45. The van der Waals surface area contributed by atoms with Crippen molar-refractivity contribution >= 4 is 69.7 Å². The minimum atomic E-state index is -0.569. The molecule has 0 aliphatic carbocycles. The Morgan fingerprint density at radius 2 is 1.45 bits per heavy atom. The zero-order valence-electron chi connectivity index (χ0n) is 28.6. The molecular weight excluding hydrogens is 723 g/mol. The van der Waals surface area contributed by atoms with Crippen molar-refractivity contribution in [3.63, 3.8) is 0 Å². The highest BCUT2D eigenvalue weighted by atomic mass is 32.2. The van der Waals surface area contributed by atoms with Gasteiger partial charge < -0.3 is 15.4 Å². The topological polar surface area (TPSA) is 122 Å². The van der Waals surface area contributed by atoms with Crippen LogP contribution >= 0.6 is 35.1 Å². The van der Waals surface area contributed by atoms with Crippen LogP contribution in [0.2, 0.25) is 0 Å². The Hall–Kier alpha value is -5.69. The Morgan fingerprint density at radius 1 is 0.792 bits per heavy atom. The van der Waals surface area contributed by atoms with Gasteiger partial charge in [-0.05, 0) is 77.1 Å². The second kappa shape index (κ2) is 18.7. The van der Waals surface area contributed by atoms with E-state index in [-0.39, 0.29) is 11.6 Å². The molecule has 53 heavy (non-hydrogen) atoms. The van der Waals surface area contributed by atoms with Crippen LogP contribution in [0.3, 0.4) is 0 Å². The smallest absolute Gasteiger partial charge is 0.272 e. The maximum absolute atomic E-state index is 13.7. The number of ether oxygens (including phenoxy) is 1. The van der Waals surface area contributed by atoms with Crippen LogP contribution in [0.25, 0.3) is 6.08 Å². The van der Waals surface area contributed by atoms with E-state index in [1.54, 1.807) is 42.5 Å². The summed E-state index contributed by atoms with van der Waals surface area (Å²) in [5.41, 5.74) is 3.58. The van der Waals surface area contributed by atoms with Gasteiger partial charge in [-0.1, -0.05) is 110 Å². The van der Waals surface area contributed by atoms with E-state index in [0.717, 1.165) is 33.3 Å². The van der Waals surface area contributed by atoms with Gasteiger partial charge in [-0.15, -0.1) is 11.8 Å². The molecule has 6 aromatic rings. The van der Waals surface area contributed by atoms with E-state index in [1.807, 2.05) is 110 Å². The molecule has 266 valence electrons. The lowest BCUT2D eigenvalue weighted by Crippen LogP contribution is -2.30. The summed E-state index contributed by atoms with van der Waals surface area (Å²) in [4.78, 5) is 45.6. The molecule has 9 nitrogen and oxygen atoms in total. The standard InChI is InChI=1S/C41H35N5O4S3/c1-2-51-41-45-40(53-46-41)44-39(49)36(30-14-8-4-9-15-30)52-34-24-20-32(21-25-34)42-38(48)35(43-37(47)31-16-10-5-11-17-31)26-28-18-22-33(23-19-28)50-27-29-12-6-3-7-13-29/h3-26,36H,2,27H2,1H3,(H,42,48)(H,43,47)(H,44,45,46,49)/b35-26-. The second-order valence-corrected chi connectivity index (χ2v) is 14.6. The Morgan fingerprint density at radius 3 is 2.13 bits per heavy atom. The molecule has 0 aliphatic heterocycles. The fourth-order valence-corrected chi connectivity index (χ4v) is 7.28. The first-order valence-corrected chi connectivity index (χ1v) is 19.3. The number of amides is 3. The molecule has 3 amide bonds. The van der Waals surface area contributed by atoms with Crippen molar-refractivity contribution in [2.45, 2.75) is 28.8 Å². The summed E-state index contributed by atoms with van der Waals surface area (Å²) < 4.78 is 10.2. The minimum Gasteiger partial charge on any atom is -0.489 e. The van der Waals surface area contributed by atoms with Gasteiger partial charge in [0.1, 0.15) is 23.3 Å². The average Bonchev–Trinajstić information content (AvgIpc) is 3.64. The highest BCUT2D eigenvalue weighted by Gasteiger charge is 2.24. The number of nitrogens with one attached hydrogen (secondary N) is 3. The van der Waals surface area contributed by atoms with E-state index in [0.29, 0.717) is 39.5 Å². The van der Waals surface area contributed by atoms with Crippen LogP contribution in [0.1, 0.15) is 39.2 Å². The second-order valence-electron chi connectivity index (χ2n) is 11.4. The molecule has 0 radical (unpaired) electrons. The molecule has 0 saturated carbocycles. The third kappa shape index (κ3) is 10.9. The van der Waals surface area contributed by atoms with Crippen LogP contribution in [0.4, 0.5) is 10.8 Å². The fourth-order valence-electron chi connectivity index (χ4n) is 4.98. The molecule has 0 fully saturated rings. The van der Waals surface area contributed by atoms with Crippen molar-refractivity contribution in [1.82, 2.24) is 14.7 Å². The molecule has 0 bridgehead atoms. The van der Waals surface area contributed by atoms with Crippen LogP contribution in [0.5, 0.6) is 5.75 Å². The molecule has 1 aromatic heterocycles. The van der Waals surface area contributed by atoms with E-state index in [4.69, 9.17) is 4.74 Å². The first-order chi connectivity index (χ1) is 25.9. The normalized spacial score (nSPS) is 11.7. The van der Waals surface area contributed by atoms with Gasteiger partial charge in [-0.3, -0.25) is 19.7 Å². The van der Waals surface area contributed by atoms with E-state index in [9.17, 15) is 14.4 Å². The summed E-state index contributed by atoms with van der Waals surface area (Å²) in [5.74, 6) is 0.375. The van der Waals surface area contributed by atoms with E-state index >= 15 is 0 Å². The monoisotopic (exact) mass is 757 g/mol. The highest BCUT2D eigenvalue weighted by molar-refractivity contribution is 8.00. The van der Waals surface area contributed by atoms with Crippen LogP contribution in [0.15, 0.2) is 155 Å². The summed E-state index contributed by atoms with van der Waals surface area (Å²) >= 11 is 4.04. The third-order valence-electron chi connectivity index (χ3n) is 7.59. The first-order valence-electron chi connectivity index (χ1n) is 16.7. The molecule has 12 heteroatoms. The SMILES string of the molecule is CCSc1nsc(NC(=O)C(Sc2ccc(NC(=O)/C(=C/c3ccc(OCc4ccccc4)cc3)NC(=O)c3ccccc3)cc2)c2ccccc2)n1. The van der Waals surface area contributed by atoms with E-state index in [1.165, 1.54) is 23.5 Å². The first kappa shape index (κ1) is 37.1. The third-order valence-corrected chi connectivity index (χ3v) is 10.3. The maximum Gasteiger partial charge on any atom is 0.272 e. The number of carbonyl (C=O) groups is 3. The van der Waals surface area contributed by atoms with Crippen LogP contribution in [-0.2, 0) is 16.2 Å². The quantitative estimate of drug-likeness (QED) is 0.0701. The zero-order chi connectivity index (χ0) is 36.8. The number of rotatable bonds is 15. The van der Waals surface area contributed by atoms with Gasteiger partial charge in [-0.25, -0.2) is 0 Å². The Kier molecular flexibility index (Phi) is 13.1. The molecule has 3 N–H and O–H groups in total. The number of hydrogen-bond acceptors (Lipinski definition) is 9. The summed E-state index contributed by atoms with van der Waals surface area (Å²) in [6, 6.07) is 42.6. The largest absolute Gasteiger partial charge is 0.489 e. The van der Waals surface area contributed by atoms with Crippen LogP contribution in [0, 0.1) is 0 Å². The summed E-state index contributed by atoms with van der Waals surface area (Å²) in [7, 11) is 0. The van der Waals surface area contributed by atoms with Crippen molar-refractivity contribution in [3.05, 3.63) is 167 Å². The molecule has 1 heterocycles. The molecule has 0 spiro atoms. The lowest BCUT2D eigenvalue weighted by Gasteiger charge is -2.16. The fraction of sp³-hybridized carbons (Fsp3) is 0.0976. The zero-order valence-corrected chi connectivity index (χ0v) is 31.0. The van der Waals surface area contributed by atoms with Crippen molar-refractivity contribution in [1.29, 1.82) is 0 Å². The lowest BCUT2D eigenvalue weighted by atomic mass is 10.1. The van der Waals surface area contributed by atoms with Crippen molar-refractivity contribution < 1.29 is 19.1 Å². The molecule has 5 aromatic carbocycles. The predicted octanol–water partition coefficient (Wildman–Crippen LogP) is 9.11. The van der Waals surface area contributed by atoms with Gasteiger partial charge in [0.25, 0.3) is 11.8 Å².